The normalized spacial score (nSPS) is 29.5. The predicted molar refractivity (Wildman–Crippen MR) is 61.4 cm³/mol. The van der Waals surface area contributed by atoms with E-state index in [9.17, 15) is 0 Å². The maximum absolute atomic E-state index is 5.79. The van der Waals surface area contributed by atoms with Crippen molar-refractivity contribution < 1.29 is 0 Å². The Morgan fingerprint density at radius 3 is 3.13 bits per heavy atom. The first-order valence-electron chi connectivity index (χ1n) is 5.43. The summed E-state index contributed by atoms with van der Waals surface area (Å²) < 4.78 is 0. The molecule has 0 radical (unpaired) electrons. The van der Waals surface area contributed by atoms with Gasteiger partial charge in [0.2, 0.25) is 0 Å². The average Bonchev–Trinajstić information content (AvgIpc) is 2.80. The second kappa shape index (κ2) is 3.65. The van der Waals surface area contributed by atoms with Gasteiger partial charge in [0.15, 0.2) is 0 Å². The highest BCUT2D eigenvalue weighted by molar-refractivity contribution is 6.29. The molecule has 0 amide bonds. The Bertz CT molecular complexity index is 351. The molecule has 0 spiro atoms. The van der Waals surface area contributed by atoms with Crippen LogP contribution in [-0.2, 0) is 0 Å². The average molecular weight is 224 g/mol. The van der Waals surface area contributed by atoms with Crippen LogP contribution in [0.4, 0.5) is 5.69 Å². The molecule has 3 heterocycles. The summed E-state index contributed by atoms with van der Waals surface area (Å²) in [5, 5.41) is 4.02. The molecule has 0 aliphatic carbocycles. The van der Waals surface area contributed by atoms with Crippen LogP contribution in [0.15, 0.2) is 18.3 Å². The summed E-state index contributed by atoms with van der Waals surface area (Å²) in [6.45, 7) is 3.43. The van der Waals surface area contributed by atoms with Crippen LogP contribution >= 0.6 is 11.6 Å². The summed E-state index contributed by atoms with van der Waals surface area (Å²) in [6.07, 6.45) is 3.17. The van der Waals surface area contributed by atoms with E-state index in [1.54, 1.807) is 0 Å². The lowest BCUT2D eigenvalue weighted by Crippen LogP contribution is -2.34. The van der Waals surface area contributed by atoms with E-state index >= 15 is 0 Å². The van der Waals surface area contributed by atoms with Crippen molar-refractivity contribution in [1.82, 2.24) is 10.3 Å². The Hall–Kier alpha value is -0.800. The maximum Gasteiger partial charge on any atom is 0.129 e. The molecule has 4 heteroatoms. The summed E-state index contributed by atoms with van der Waals surface area (Å²) in [5.74, 6) is 0.820. The van der Waals surface area contributed by atoms with E-state index in [4.69, 9.17) is 11.6 Å². The summed E-state index contributed by atoms with van der Waals surface area (Å²) >= 11 is 5.79. The number of aromatic nitrogens is 1. The Kier molecular flexibility index (Phi) is 2.29. The van der Waals surface area contributed by atoms with E-state index in [0.29, 0.717) is 11.2 Å². The smallest absolute Gasteiger partial charge is 0.129 e. The number of hydrogen-bond donors (Lipinski definition) is 1. The summed E-state index contributed by atoms with van der Waals surface area (Å²) in [6, 6.07) is 4.59. The van der Waals surface area contributed by atoms with Crippen LogP contribution in [0.25, 0.3) is 0 Å². The molecule has 2 saturated heterocycles. The van der Waals surface area contributed by atoms with Gasteiger partial charge in [-0.25, -0.2) is 4.98 Å². The van der Waals surface area contributed by atoms with Crippen molar-refractivity contribution in [2.75, 3.05) is 24.5 Å². The van der Waals surface area contributed by atoms with Gasteiger partial charge in [0, 0.05) is 25.7 Å². The van der Waals surface area contributed by atoms with Crippen LogP contribution in [0.5, 0.6) is 0 Å². The van der Waals surface area contributed by atoms with E-state index in [2.05, 4.69) is 21.3 Å². The van der Waals surface area contributed by atoms with Crippen LogP contribution in [0.2, 0.25) is 5.15 Å². The Balaban J connectivity index is 1.85. The quantitative estimate of drug-likeness (QED) is 0.732. The van der Waals surface area contributed by atoms with Crippen molar-refractivity contribution in [3.8, 4) is 0 Å². The van der Waals surface area contributed by atoms with E-state index in [1.165, 1.54) is 18.7 Å². The largest absolute Gasteiger partial charge is 0.366 e. The topological polar surface area (TPSA) is 28.2 Å². The Morgan fingerprint density at radius 2 is 2.33 bits per heavy atom. The zero-order valence-electron chi connectivity index (χ0n) is 8.49. The van der Waals surface area contributed by atoms with E-state index in [-0.39, 0.29) is 0 Å². The van der Waals surface area contributed by atoms with Gasteiger partial charge in [-0.3, -0.25) is 0 Å². The molecular weight excluding hydrogens is 210 g/mol. The first-order valence-corrected chi connectivity index (χ1v) is 5.81. The molecule has 0 bridgehead atoms. The van der Waals surface area contributed by atoms with Crippen molar-refractivity contribution in [3.63, 3.8) is 0 Å². The number of nitrogens with one attached hydrogen (secondary N) is 1. The van der Waals surface area contributed by atoms with E-state index in [1.807, 2.05) is 12.3 Å². The first kappa shape index (κ1) is 9.43. The van der Waals surface area contributed by atoms with Gasteiger partial charge in [-0.05, 0) is 24.5 Å². The lowest BCUT2D eigenvalue weighted by atomic mass is 10.1. The number of pyridine rings is 1. The molecule has 2 fully saturated rings. The minimum Gasteiger partial charge on any atom is -0.366 e. The Morgan fingerprint density at radius 1 is 1.40 bits per heavy atom. The molecule has 15 heavy (non-hydrogen) atoms. The van der Waals surface area contributed by atoms with Gasteiger partial charge in [0.25, 0.3) is 0 Å². The number of rotatable bonds is 1. The Labute approximate surface area is 94.4 Å². The fraction of sp³-hybridized carbons (Fsp3) is 0.545. The third kappa shape index (κ3) is 1.60. The molecule has 2 unspecified atom stereocenters. The first-order chi connectivity index (χ1) is 7.34. The van der Waals surface area contributed by atoms with Gasteiger partial charge in [-0.15, -0.1) is 0 Å². The number of hydrogen-bond acceptors (Lipinski definition) is 3. The molecule has 2 aliphatic heterocycles. The number of fused-ring (bicyclic) bond motifs is 1. The predicted octanol–water partition coefficient (Wildman–Crippen LogP) is 1.53. The molecule has 1 aromatic rings. The van der Waals surface area contributed by atoms with Crippen molar-refractivity contribution in [1.29, 1.82) is 0 Å². The molecule has 1 aromatic heterocycles. The molecule has 2 aliphatic rings. The van der Waals surface area contributed by atoms with Crippen LogP contribution < -0.4 is 10.2 Å². The van der Waals surface area contributed by atoms with Gasteiger partial charge < -0.3 is 10.2 Å². The second-order valence-electron chi connectivity index (χ2n) is 4.31. The second-order valence-corrected chi connectivity index (χ2v) is 4.69. The summed E-state index contributed by atoms with van der Waals surface area (Å²) in [7, 11) is 0. The van der Waals surface area contributed by atoms with Gasteiger partial charge in [0.1, 0.15) is 5.15 Å². The van der Waals surface area contributed by atoms with Crippen LogP contribution in [-0.4, -0.2) is 30.7 Å². The molecule has 3 rings (SSSR count). The third-order valence-corrected chi connectivity index (χ3v) is 3.71. The van der Waals surface area contributed by atoms with Crippen molar-refractivity contribution in [3.05, 3.63) is 23.5 Å². The number of halogens is 1. The zero-order chi connectivity index (χ0) is 10.3. The lowest BCUT2D eigenvalue weighted by molar-refractivity contribution is 0.578. The maximum atomic E-state index is 5.79. The lowest BCUT2D eigenvalue weighted by Gasteiger charge is -2.25. The van der Waals surface area contributed by atoms with Crippen molar-refractivity contribution in [2.24, 2.45) is 5.92 Å². The van der Waals surface area contributed by atoms with Crippen LogP contribution in [0.3, 0.4) is 0 Å². The zero-order valence-corrected chi connectivity index (χ0v) is 9.24. The summed E-state index contributed by atoms with van der Waals surface area (Å²) in [5.41, 5.74) is 1.20. The molecular formula is C11H14ClN3. The highest BCUT2D eigenvalue weighted by Gasteiger charge is 2.37. The van der Waals surface area contributed by atoms with Crippen molar-refractivity contribution >= 4 is 17.3 Å². The molecule has 2 atom stereocenters. The number of nitrogens with zero attached hydrogens (tertiary/aromatic N) is 2. The fourth-order valence-corrected chi connectivity index (χ4v) is 2.82. The van der Waals surface area contributed by atoms with Gasteiger partial charge in [0.05, 0.1) is 11.9 Å². The van der Waals surface area contributed by atoms with E-state index in [0.717, 1.165) is 19.0 Å². The fourth-order valence-electron chi connectivity index (χ4n) is 2.71. The van der Waals surface area contributed by atoms with Gasteiger partial charge in [-0.2, -0.15) is 0 Å². The standard InChI is InChI=1S/C11H14ClN3/c12-11-2-1-9(6-14-11)15-4-3-8-5-13-7-10(8)15/h1-2,6,8,10,13H,3-5,7H2. The molecule has 0 aromatic carbocycles. The van der Waals surface area contributed by atoms with Gasteiger partial charge >= 0.3 is 0 Å². The monoisotopic (exact) mass is 223 g/mol. The van der Waals surface area contributed by atoms with Crippen LogP contribution in [0.1, 0.15) is 6.42 Å². The minimum atomic E-state index is 0.569. The highest BCUT2D eigenvalue weighted by Crippen LogP contribution is 2.31. The molecule has 0 saturated carbocycles. The number of anilines is 1. The molecule has 3 nitrogen and oxygen atoms in total. The summed E-state index contributed by atoms with van der Waals surface area (Å²) in [4.78, 5) is 6.59. The minimum absolute atomic E-state index is 0.569. The SMILES string of the molecule is Clc1ccc(N2CCC3CNCC32)cn1. The third-order valence-electron chi connectivity index (χ3n) is 3.49. The molecule has 1 N–H and O–H groups in total. The van der Waals surface area contributed by atoms with E-state index < -0.39 is 0 Å². The van der Waals surface area contributed by atoms with Gasteiger partial charge in [-0.1, -0.05) is 11.6 Å². The highest BCUT2D eigenvalue weighted by atomic mass is 35.5. The van der Waals surface area contributed by atoms with Crippen LogP contribution in [0, 0.1) is 5.92 Å². The molecule has 80 valence electrons. The van der Waals surface area contributed by atoms with Crippen molar-refractivity contribution in [2.45, 2.75) is 12.5 Å².